The Morgan fingerprint density at radius 3 is 1.74 bits per heavy atom. The number of nitrogens with two attached hydrogens (primary N) is 2. The second-order valence-electron chi connectivity index (χ2n) is 8.93. The Kier molecular flexibility index (Phi) is 5.27. The highest BCUT2D eigenvalue weighted by Gasteiger charge is 2.94. The van der Waals surface area contributed by atoms with E-state index in [0.29, 0.717) is 24.3 Å². The molecule has 2 aliphatic carbocycles. The molecular weight excluding hydrogens is 544 g/mol. The van der Waals surface area contributed by atoms with Crippen molar-refractivity contribution in [1.82, 2.24) is 0 Å². The molecule has 39 heavy (non-hydrogen) atoms. The number of benzene rings is 3. The minimum absolute atomic E-state index is 0.0975. The molecule has 0 aromatic heterocycles. The van der Waals surface area contributed by atoms with Crippen LogP contribution in [0, 0.1) is 0 Å². The maximum Gasteiger partial charge on any atom is 0.388 e. The van der Waals surface area contributed by atoms with E-state index >= 15 is 35.1 Å². The van der Waals surface area contributed by atoms with Gasteiger partial charge in [-0.25, -0.2) is 4.39 Å². The van der Waals surface area contributed by atoms with Gasteiger partial charge in [-0.15, -0.1) is 0 Å². The largest absolute Gasteiger partial charge is 0.506 e. The molecule has 0 bridgehead atoms. The molecule has 1 saturated carbocycles. The molecule has 3 aromatic rings. The third kappa shape index (κ3) is 3.26. The van der Waals surface area contributed by atoms with Crippen LogP contribution in [0.1, 0.15) is 11.1 Å². The number of phenols is 2. The van der Waals surface area contributed by atoms with E-state index in [4.69, 9.17) is 16.2 Å². The number of nitrogen functional groups attached to an aromatic ring is 2. The van der Waals surface area contributed by atoms with E-state index in [1.165, 1.54) is 6.07 Å². The molecule has 2 atom stereocenters. The number of hydrogen-bond acceptors (Lipinski definition) is 6. The number of phenolic OH excluding ortho intramolecular Hbond substituents is 2. The third-order valence-electron chi connectivity index (χ3n) is 6.53. The number of rotatable bonds is 4. The van der Waals surface area contributed by atoms with Crippen molar-refractivity contribution in [2.24, 2.45) is 0 Å². The van der Waals surface area contributed by atoms with Crippen molar-refractivity contribution in [3.8, 4) is 28.7 Å². The van der Waals surface area contributed by atoms with Crippen molar-refractivity contribution in [3.05, 3.63) is 71.3 Å². The lowest BCUT2D eigenvalue weighted by Crippen LogP contribution is -2.77. The van der Waals surface area contributed by atoms with E-state index in [2.05, 4.69) is 4.74 Å². The summed E-state index contributed by atoms with van der Waals surface area (Å²) >= 11 is 0. The standard InChI is InChI=1S/C25H16F8N2O4/c26-21-15-8-12(38-13-3-5-18(36)16(34)9-13)2-1-11(15)7-20(21)22(27,28)25(33,24(31,32)23(21,29)30)39-14-4-6-19(37)17(35)10-14/h1-10,36-37H,34-35H2. The molecule has 0 heterocycles. The van der Waals surface area contributed by atoms with Gasteiger partial charge in [-0.1, -0.05) is 6.07 Å². The molecule has 0 radical (unpaired) electrons. The van der Waals surface area contributed by atoms with Crippen molar-refractivity contribution in [3.63, 3.8) is 0 Å². The molecule has 0 amide bonds. The first-order chi connectivity index (χ1) is 18.0. The number of aromatic hydroxyl groups is 2. The molecule has 6 nitrogen and oxygen atoms in total. The molecule has 0 aliphatic heterocycles. The summed E-state index contributed by atoms with van der Waals surface area (Å²) in [7, 11) is 0. The van der Waals surface area contributed by atoms with E-state index in [1.54, 1.807) is 0 Å². The maximum absolute atomic E-state index is 16.2. The van der Waals surface area contributed by atoms with Gasteiger partial charge in [0.2, 0.25) is 5.67 Å². The Balaban J connectivity index is 1.61. The quantitative estimate of drug-likeness (QED) is 0.170. The van der Waals surface area contributed by atoms with Gasteiger partial charge in [0.25, 0.3) is 0 Å². The van der Waals surface area contributed by atoms with E-state index < -0.39 is 68.9 Å². The molecule has 0 saturated heterocycles. The smallest absolute Gasteiger partial charge is 0.388 e. The van der Waals surface area contributed by atoms with Gasteiger partial charge in [0, 0.05) is 17.7 Å². The second-order valence-corrected chi connectivity index (χ2v) is 8.93. The average molecular weight is 560 g/mol. The summed E-state index contributed by atoms with van der Waals surface area (Å²) in [5.41, 5.74) is 0.880. The van der Waals surface area contributed by atoms with Crippen molar-refractivity contribution in [1.29, 1.82) is 0 Å². The Morgan fingerprint density at radius 1 is 0.641 bits per heavy atom. The van der Waals surface area contributed by atoms with Crippen LogP contribution < -0.4 is 20.9 Å². The van der Waals surface area contributed by atoms with Crippen LogP contribution in [0.5, 0.6) is 28.7 Å². The molecule has 2 unspecified atom stereocenters. The van der Waals surface area contributed by atoms with Crippen LogP contribution in [-0.2, 0) is 5.67 Å². The van der Waals surface area contributed by atoms with Crippen LogP contribution in [0.3, 0.4) is 0 Å². The van der Waals surface area contributed by atoms with E-state index in [1.807, 2.05) is 0 Å². The van der Waals surface area contributed by atoms with Gasteiger partial charge in [-0.3, -0.25) is 0 Å². The molecular formula is C25H16F8N2O4. The van der Waals surface area contributed by atoms with E-state index in [9.17, 15) is 10.2 Å². The number of anilines is 2. The Hall–Kier alpha value is -4.36. The van der Waals surface area contributed by atoms with Gasteiger partial charge in [-0.2, -0.15) is 30.7 Å². The molecule has 5 rings (SSSR count). The highest BCUT2D eigenvalue weighted by Crippen LogP contribution is 2.71. The van der Waals surface area contributed by atoms with Crippen LogP contribution in [0.4, 0.5) is 46.5 Å². The zero-order valence-electron chi connectivity index (χ0n) is 19.2. The minimum Gasteiger partial charge on any atom is -0.506 e. The van der Waals surface area contributed by atoms with Crippen molar-refractivity contribution < 1.29 is 54.8 Å². The summed E-state index contributed by atoms with van der Waals surface area (Å²) < 4.78 is 133. The fourth-order valence-electron chi connectivity index (χ4n) is 4.48. The minimum atomic E-state index is -6.47. The Morgan fingerprint density at radius 2 is 1.15 bits per heavy atom. The number of halogens is 8. The molecule has 0 spiro atoms. The third-order valence-corrected chi connectivity index (χ3v) is 6.53. The van der Waals surface area contributed by atoms with E-state index in [0.717, 1.165) is 24.3 Å². The first kappa shape index (κ1) is 26.3. The summed E-state index contributed by atoms with van der Waals surface area (Å²) in [6.07, 6.45) is 0.143. The summed E-state index contributed by atoms with van der Waals surface area (Å²) in [5, 5.41) is 18.9. The van der Waals surface area contributed by atoms with Gasteiger partial charge in [-0.05, 0) is 48.0 Å². The number of hydrogen-bond donors (Lipinski definition) is 4. The Labute approximate surface area is 213 Å². The maximum atomic E-state index is 16.2. The normalized spacial score (nSPS) is 25.8. The first-order valence-electron chi connectivity index (χ1n) is 10.9. The summed E-state index contributed by atoms with van der Waals surface area (Å²) in [4.78, 5) is 0. The van der Waals surface area contributed by atoms with Crippen molar-refractivity contribution >= 4 is 17.5 Å². The summed E-state index contributed by atoms with van der Waals surface area (Å²) in [6.45, 7) is 0. The molecule has 2 aliphatic rings. The predicted octanol–water partition coefficient (Wildman–Crippen LogP) is 6.28. The van der Waals surface area contributed by atoms with Crippen LogP contribution in [0.25, 0.3) is 6.08 Å². The predicted molar refractivity (Wildman–Crippen MR) is 122 cm³/mol. The highest BCUT2D eigenvalue weighted by molar-refractivity contribution is 5.74. The second kappa shape index (κ2) is 7.83. The Bertz CT molecular complexity index is 1550. The lowest BCUT2D eigenvalue weighted by molar-refractivity contribution is -0.417. The molecule has 3 aromatic carbocycles. The molecule has 6 N–H and O–H groups in total. The van der Waals surface area contributed by atoms with Gasteiger partial charge in [0.15, 0.2) is 0 Å². The van der Waals surface area contributed by atoms with Gasteiger partial charge < -0.3 is 31.2 Å². The summed E-state index contributed by atoms with van der Waals surface area (Å²) in [5.74, 6) is -26.7. The van der Waals surface area contributed by atoms with Gasteiger partial charge in [0.05, 0.1) is 16.9 Å². The topological polar surface area (TPSA) is 111 Å². The van der Waals surface area contributed by atoms with Crippen LogP contribution in [0.2, 0.25) is 0 Å². The zero-order chi connectivity index (χ0) is 28.8. The first-order valence-corrected chi connectivity index (χ1v) is 10.9. The zero-order valence-corrected chi connectivity index (χ0v) is 19.2. The van der Waals surface area contributed by atoms with Crippen LogP contribution >= 0.6 is 0 Å². The fraction of sp³-hybridized carbons (Fsp3) is 0.200. The highest BCUT2D eigenvalue weighted by atomic mass is 19.3. The van der Waals surface area contributed by atoms with Gasteiger partial charge in [0.1, 0.15) is 28.7 Å². The van der Waals surface area contributed by atoms with Crippen LogP contribution in [0.15, 0.2) is 60.2 Å². The van der Waals surface area contributed by atoms with Crippen molar-refractivity contribution in [2.75, 3.05) is 11.5 Å². The number of fused-ring (bicyclic) bond motifs is 3. The lowest BCUT2D eigenvalue weighted by Gasteiger charge is -2.51. The van der Waals surface area contributed by atoms with Crippen molar-refractivity contribution in [2.45, 2.75) is 29.3 Å². The number of ether oxygens (including phenoxy) is 2. The molecule has 1 fully saturated rings. The van der Waals surface area contributed by atoms with E-state index in [-0.39, 0.29) is 23.3 Å². The molecule has 206 valence electrons. The van der Waals surface area contributed by atoms with Crippen LogP contribution in [-0.4, -0.2) is 33.8 Å². The summed E-state index contributed by atoms with van der Waals surface area (Å²) in [6, 6.07) is 7.40. The molecule has 14 heteroatoms. The van der Waals surface area contributed by atoms with Gasteiger partial charge >= 0.3 is 23.6 Å². The lowest BCUT2D eigenvalue weighted by atomic mass is 9.70. The average Bonchev–Trinajstić information content (AvgIpc) is 3.17. The monoisotopic (exact) mass is 560 g/mol. The fourth-order valence-corrected chi connectivity index (χ4v) is 4.48. The number of alkyl halides is 8. The SMILES string of the molecule is Nc1cc(Oc2ccc3c(c2)C2(F)C(=C3)C(F)(F)C(F)(Oc3ccc(O)c(N)c3)C(F)(F)C2(F)F)ccc1O.